The van der Waals surface area contributed by atoms with Crippen molar-refractivity contribution < 1.29 is 27.3 Å². The number of alkyl halides is 3. The summed E-state index contributed by atoms with van der Waals surface area (Å²) in [7, 11) is 1.41. The normalized spacial score (nSPS) is 15.6. The van der Waals surface area contributed by atoms with Crippen LogP contribution in [0.4, 0.5) is 13.2 Å². The van der Waals surface area contributed by atoms with Crippen molar-refractivity contribution in [3.63, 3.8) is 0 Å². The van der Waals surface area contributed by atoms with Crippen LogP contribution in [0.1, 0.15) is 44.6 Å². The number of fused-ring (bicyclic) bond motifs is 1. The molecule has 14 heteroatoms. The molecule has 1 aliphatic heterocycles. The highest BCUT2D eigenvalue weighted by Gasteiger charge is 2.36. The zero-order valence-electron chi connectivity index (χ0n) is 18.2. The van der Waals surface area contributed by atoms with Crippen LogP contribution in [0.15, 0.2) is 33.6 Å². The van der Waals surface area contributed by atoms with Crippen molar-refractivity contribution in [1.29, 1.82) is 0 Å². The second-order valence-corrected chi connectivity index (χ2v) is 8.63. The Kier molecular flexibility index (Phi) is 6.32. The van der Waals surface area contributed by atoms with Gasteiger partial charge in [-0.25, -0.2) is 4.57 Å². The molecule has 2 amide bonds. The molecule has 35 heavy (non-hydrogen) atoms. The van der Waals surface area contributed by atoms with Crippen molar-refractivity contribution in [3.8, 4) is 5.88 Å². The first kappa shape index (κ1) is 24.7. The molecule has 0 fully saturated rings. The second kappa shape index (κ2) is 8.96. The lowest BCUT2D eigenvalue weighted by atomic mass is 9.98. The third-order valence-electron chi connectivity index (χ3n) is 5.60. The van der Waals surface area contributed by atoms with Crippen LogP contribution in [0, 0.1) is 4.77 Å². The predicted molar refractivity (Wildman–Crippen MR) is 120 cm³/mol. The Bertz CT molecular complexity index is 1460. The standard InChI is InChI=1S/C21H17ClF3N5O4S/c1-9-5-11-15(8-29(9)18(32)10-3-4-13(22)12(6-10)21(23,24)25)27-20(35)30(19(11)33)16-7-14(28-34-16)17(31)26-2/h3-4,6-7,9H,5,8H2,1-2H3,(H,26,31)(H,27,35)/t9-/m1/s1. The number of hydrogen-bond donors (Lipinski definition) is 2. The summed E-state index contributed by atoms with van der Waals surface area (Å²) in [5.74, 6) is -1.23. The molecule has 0 spiro atoms. The zero-order chi connectivity index (χ0) is 25.7. The van der Waals surface area contributed by atoms with Crippen LogP contribution in [0.25, 0.3) is 5.88 Å². The van der Waals surface area contributed by atoms with Crippen LogP contribution in [0.2, 0.25) is 5.02 Å². The van der Waals surface area contributed by atoms with Gasteiger partial charge < -0.3 is 19.7 Å². The first-order valence-electron chi connectivity index (χ1n) is 10.2. The largest absolute Gasteiger partial charge is 0.417 e. The molecule has 0 bridgehead atoms. The number of H-pyrrole nitrogens is 1. The Labute approximate surface area is 205 Å². The summed E-state index contributed by atoms with van der Waals surface area (Å²) in [4.78, 5) is 42.3. The van der Waals surface area contributed by atoms with Crippen molar-refractivity contribution in [2.24, 2.45) is 0 Å². The minimum absolute atomic E-state index is 0.0483. The van der Waals surface area contributed by atoms with Crippen molar-refractivity contribution >= 4 is 35.6 Å². The van der Waals surface area contributed by atoms with Gasteiger partial charge in [0.15, 0.2) is 10.5 Å². The number of aromatic nitrogens is 3. The highest BCUT2D eigenvalue weighted by atomic mass is 35.5. The summed E-state index contributed by atoms with van der Waals surface area (Å²) in [6, 6.07) is 3.69. The SMILES string of the molecule is CNC(=O)c1cc(-n2c(=S)[nH]c3c(c2=O)C[C@@H](C)N(C(=O)c2ccc(Cl)c(C(F)(F)F)c2)C3)on1. The molecule has 0 radical (unpaired) electrons. The van der Waals surface area contributed by atoms with Crippen LogP contribution < -0.4 is 10.9 Å². The fraction of sp³-hybridized carbons (Fsp3) is 0.286. The molecule has 0 aliphatic carbocycles. The molecule has 3 heterocycles. The molecule has 1 aromatic carbocycles. The third kappa shape index (κ3) is 4.48. The highest BCUT2D eigenvalue weighted by Crippen LogP contribution is 2.35. The Morgan fingerprint density at radius 1 is 1.31 bits per heavy atom. The number of carbonyl (C=O) groups excluding carboxylic acids is 2. The summed E-state index contributed by atoms with van der Waals surface area (Å²) in [6.07, 6.45) is -4.62. The van der Waals surface area contributed by atoms with Crippen LogP contribution in [0.5, 0.6) is 0 Å². The maximum absolute atomic E-state index is 13.2. The summed E-state index contributed by atoms with van der Waals surface area (Å²) in [5.41, 5.74) is -1.20. The number of amides is 2. The first-order chi connectivity index (χ1) is 16.4. The van der Waals surface area contributed by atoms with Crippen LogP contribution in [0.3, 0.4) is 0 Å². The predicted octanol–water partition coefficient (Wildman–Crippen LogP) is 3.50. The second-order valence-electron chi connectivity index (χ2n) is 7.84. The maximum Gasteiger partial charge on any atom is 0.417 e. The van der Waals surface area contributed by atoms with E-state index in [2.05, 4.69) is 15.5 Å². The Morgan fingerprint density at radius 2 is 2.03 bits per heavy atom. The van der Waals surface area contributed by atoms with Gasteiger partial charge in [0.05, 0.1) is 17.1 Å². The van der Waals surface area contributed by atoms with Crippen LogP contribution in [-0.2, 0) is 19.1 Å². The number of hydrogen-bond acceptors (Lipinski definition) is 6. The van der Waals surface area contributed by atoms with Gasteiger partial charge >= 0.3 is 6.18 Å². The number of halogens is 4. The molecule has 3 aromatic rings. The van der Waals surface area contributed by atoms with E-state index in [1.54, 1.807) is 6.92 Å². The Balaban J connectivity index is 1.69. The van der Waals surface area contributed by atoms with E-state index >= 15 is 0 Å². The van der Waals surface area contributed by atoms with Crippen molar-refractivity contribution in [2.75, 3.05) is 7.05 Å². The number of rotatable bonds is 3. The molecule has 2 aromatic heterocycles. The average Bonchev–Trinajstić information content (AvgIpc) is 3.27. The first-order valence-corrected chi connectivity index (χ1v) is 10.9. The van der Waals surface area contributed by atoms with Gasteiger partial charge in [0.1, 0.15) is 0 Å². The number of carbonyl (C=O) groups is 2. The van der Waals surface area contributed by atoms with Gasteiger partial charge in [-0.2, -0.15) is 13.2 Å². The average molecular weight is 528 g/mol. The van der Waals surface area contributed by atoms with E-state index in [9.17, 15) is 27.6 Å². The molecule has 0 saturated heterocycles. The van der Waals surface area contributed by atoms with Crippen LogP contribution >= 0.6 is 23.8 Å². The quantitative estimate of drug-likeness (QED) is 0.504. The van der Waals surface area contributed by atoms with Crippen molar-refractivity contribution in [3.05, 3.63) is 72.5 Å². The van der Waals surface area contributed by atoms with E-state index in [0.717, 1.165) is 10.6 Å². The summed E-state index contributed by atoms with van der Waals surface area (Å²) in [5, 5.41) is 5.50. The third-order valence-corrected chi connectivity index (χ3v) is 6.22. The van der Waals surface area contributed by atoms with Gasteiger partial charge in [0, 0.05) is 36.0 Å². The molecular formula is C21H17ClF3N5O4S. The summed E-state index contributed by atoms with van der Waals surface area (Å²) < 4.78 is 45.8. The van der Waals surface area contributed by atoms with E-state index in [0.29, 0.717) is 17.3 Å². The number of nitrogens with zero attached hydrogens (tertiary/aromatic N) is 3. The molecule has 4 rings (SSSR count). The van der Waals surface area contributed by atoms with E-state index in [1.807, 2.05) is 0 Å². The zero-order valence-corrected chi connectivity index (χ0v) is 19.8. The molecule has 2 N–H and O–H groups in total. The van der Waals surface area contributed by atoms with Gasteiger partial charge in [0.2, 0.25) is 5.88 Å². The molecule has 1 aliphatic rings. The fourth-order valence-corrected chi connectivity index (χ4v) is 4.33. The molecule has 0 saturated carbocycles. The topological polar surface area (TPSA) is 113 Å². The Morgan fingerprint density at radius 3 is 2.69 bits per heavy atom. The minimum atomic E-state index is -4.72. The smallest absolute Gasteiger partial charge is 0.354 e. The van der Waals surface area contributed by atoms with Gasteiger partial charge in [-0.05, 0) is 43.8 Å². The summed E-state index contributed by atoms with van der Waals surface area (Å²) >= 11 is 10.9. The van der Waals surface area contributed by atoms with E-state index in [-0.39, 0.29) is 34.9 Å². The van der Waals surface area contributed by atoms with Crippen LogP contribution in [-0.4, -0.2) is 44.5 Å². The lowest BCUT2D eigenvalue weighted by Crippen LogP contribution is -2.45. The summed E-state index contributed by atoms with van der Waals surface area (Å²) in [6.45, 7) is 1.59. The number of benzene rings is 1. The Hall–Kier alpha value is -3.45. The fourth-order valence-electron chi connectivity index (χ4n) is 3.81. The monoisotopic (exact) mass is 527 g/mol. The highest BCUT2D eigenvalue weighted by molar-refractivity contribution is 7.71. The molecule has 0 unspecified atom stereocenters. The van der Waals surface area contributed by atoms with Gasteiger partial charge in [0.25, 0.3) is 17.4 Å². The van der Waals surface area contributed by atoms with E-state index in [1.165, 1.54) is 24.1 Å². The molecule has 9 nitrogen and oxygen atoms in total. The lowest BCUT2D eigenvalue weighted by Gasteiger charge is -2.34. The molecular weight excluding hydrogens is 511 g/mol. The number of nitrogens with one attached hydrogen (secondary N) is 2. The molecule has 1 atom stereocenters. The number of aromatic amines is 1. The lowest BCUT2D eigenvalue weighted by molar-refractivity contribution is -0.137. The van der Waals surface area contributed by atoms with Gasteiger partial charge in [-0.3, -0.25) is 14.4 Å². The van der Waals surface area contributed by atoms with E-state index in [4.69, 9.17) is 28.3 Å². The molecule has 184 valence electrons. The van der Waals surface area contributed by atoms with E-state index < -0.39 is 40.2 Å². The van der Waals surface area contributed by atoms with Gasteiger partial charge in [-0.15, -0.1) is 0 Å². The maximum atomic E-state index is 13.2. The van der Waals surface area contributed by atoms with Gasteiger partial charge in [-0.1, -0.05) is 16.8 Å². The van der Waals surface area contributed by atoms with Crippen molar-refractivity contribution in [1.82, 2.24) is 24.9 Å². The minimum Gasteiger partial charge on any atom is -0.354 e. The van der Waals surface area contributed by atoms with Crippen molar-refractivity contribution in [2.45, 2.75) is 32.1 Å².